The topological polar surface area (TPSA) is 83.2 Å². The third-order valence-corrected chi connectivity index (χ3v) is 4.90. The Balaban J connectivity index is 1.85. The van der Waals surface area contributed by atoms with E-state index < -0.39 is 0 Å². The van der Waals surface area contributed by atoms with Crippen molar-refractivity contribution in [1.29, 1.82) is 5.41 Å². The second-order valence-electron chi connectivity index (χ2n) is 5.61. The Morgan fingerprint density at radius 1 is 1.16 bits per heavy atom. The summed E-state index contributed by atoms with van der Waals surface area (Å²) >= 11 is 1.57. The SMILES string of the molecule is Cc1[nH]nc2nc(SCc3cccnc3)n(-c3ccccc3)c(=N)c12. The first-order valence-corrected chi connectivity index (χ1v) is 8.82. The van der Waals surface area contributed by atoms with Crippen molar-refractivity contribution in [2.24, 2.45) is 0 Å². The van der Waals surface area contributed by atoms with Crippen molar-refractivity contribution in [1.82, 2.24) is 24.7 Å². The minimum Gasteiger partial charge on any atom is -0.283 e. The van der Waals surface area contributed by atoms with Gasteiger partial charge in [0.2, 0.25) is 0 Å². The van der Waals surface area contributed by atoms with Gasteiger partial charge in [0.25, 0.3) is 0 Å². The quantitative estimate of drug-likeness (QED) is 0.438. The monoisotopic (exact) mass is 348 g/mol. The smallest absolute Gasteiger partial charge is 0.187 e. The molecule has 0 bridgehead atoms. The van der Waals surface area contributed by atoms with Gasteiger partial charge in [-0.25, -0.2) is 4.98 Å². The molecule has 0 spiro atoms. The summed E-state index contributed by atoms with van der Waals surface area (Å²) in [4.78, 5) is 8.84. The van der Waals surface area contributed by atoms with Gasteiger partial charge in [0.1, 0.15) is 5.49 Å². The normalized spacial score (nSPS) is 11.1. The molecule has 4 rings (SSSR count). The summed E-state index contributed by atoms with van der Waals surface area (Å²) in [5, 5.41) is 17.3. The molecule has 0 amide bonds. The lowest BCUT2D eigenvalue weighted by Crippen LogP contribution is -2.22. The number of benzene rings is 1. The standard InChI is InChI=1S/C18H16N6S/c1-12-15-16(19)24(14-7-3-2-4-8-14)18(21-17(15)23-22-12)25-11-13-6-5-9-20-10-13/h2-10,19H,11H2,1H3,(H,22,23). The van der Waals surface area contributed by atoms with Gasteiger partial charge in [-0.3, -0.25) is 20.1 Å². The fraction of sp³-hybridized carbons (Fsp3) is 0.111. The number of fused-ring (bicyclic) bond motifs is 1. The average molecular weight is 348 g/mol. The Hall–Kier alpha value is -2.93. The summed E-state index contributed by atoms with van der Waals surface area (Å²) in [7, 11) is 0. The molecule has 0 aliphatic rings. The van der Waals surface area contributed by atoms with Gasteiger partial charge in [0.15, 0.2) is 10.8 Å². The average Bonchev–Trinajstić information content (AvgIpc) is 3.03. The Morgan fingerprint density at radius 3 is 2.76 bits per heavy atom. The summed E-state index contributed by atoms with van der Waals surface area (Å²) in [6, 6.07) is 13.8. The van der Waals surface area contributed by atoms with Crippen LogP contribution in [0.4, 0.5) is 0 Å². The van der Waals surface area contributed by atoms with E-state index >= 15 is 0 Å². The second-order valence-corrected chi connectivity index (χ2v) is 6.55. The first-order valence-electron chi connectivity index (χ1n) is 7.83. The zero-order valence-corrected chi connectivity index (χ0v) is 14.4. The van der Waals surface area contributed by atoms with Crippen LogP contribution < -0.4 is 5.49 Å². The Morgan fingerprint density at radius 2 is 2.00 bits per heavy atom. The molecule has 0 saturated carbocycles. The van der Waals surface area contributed by atoms with Crippen LogP contribution in [0.3, 0.4) is 0 Å². The molecule has 4 aromatic rings. The highest BCUT2D eigenvalue weighted by molar-refractivity contribution is 7.98. The maximum absolute atomic E-state index is 8.70. The third kappa shape index (κ3) is 2.94. The number of nitrogens with one attached hydrogen (secondary N) is 2. The van der Waals surface area contributed by atoms with E-state index in [-0.39, 0.29) is 0 Å². The van der Waals surface area contributed by atoms with E-state index in [0.717, 1.165) is 33.2 Å². The first-order chi connectivity index (χ1) is 12.2. The van der Waals surface area contributed by atoms with Crippen LogP contribution in [0, 0.1) is 12.3 Å². The van der Waals surface area contributed by atoms with Crippen LogP contribution in [0.25, 0.3) is 16.7 Å². The lowest BCUT2D eigenvalue weighted by molar-refractivity contribution is 0.787. The van der Waals surface area contributed by atoms with Gasteiger partial charge < -0.3 is 0 Å². The van der Waals surface area contributed by atoms with Crippen molar-refractivity contribution in [2.75, 3.05) is 0 Å². The fourth-order valence-corrected chi connectivity index (χ4v) is 3.62. The van der Waals surface area contributed by atoms with Crippen LogP contribution in [0.5, 0.6) is 0 Å². The van der Waals surface area contributed by atoms with Gasteiger partial charge in [-0.2, -0.15) is 5.10 Å². The van der Waals surface area contributed by atoms with Crippen molar-refractivity contribution < 1.29 is 0 Å². The highest BCUT2D eigenvalue weighted by Gasteiger charge is 2.15. The van der Waals surface area contributed by atoms with Crippen LogP contribution in [0.2, 0.25) is 0 Å². The number of H-pyrrole nitrogens is 1. The lowest BCUT2D eigenvalue weighted by Gasteiger charge is -2.13. The predicted molar refractivity (Wildman–Crippen MR) is 97.6 cm³/mol. The van der Waals surface area contributed by atoms with Crippen LogP contribution in [-0.2, 0) is 5.75 Å². The van der Waals surface area contributed by atoms with Gasteiger partial charge in [-0.15, -0.1) is 0 Å². The maximum Gasteiger partial charge on any atom is 0.187 e. The number of hydrogen-bond donors (Lipinski definition) is 2. The highest BCUT2D eigenvalue weighted by atomic mass is 32.2. The number of thioether (sulfide) groups is 1. The third-order valence-electron chi connectivity index (χ3n) is 3.89. The summed E-state index contributed by atoms with van der Waals surface area (Å²) in [6.07, 6.45) is 3.61. The van der Waals surface area contributed by atoms with Crippen molar-refractivity contribution in [3.63, 3.8) is 0 Å². The summed E-state index contributed by atoms with van der Waals surface area (Å²) in [6.45, 7) is 1.91. The van der Waals surface area contributed by atoms with E-state index in [1.54, 1.807) is 18.0 Å². The second kappa shape index (κ2) is 6.52. The number of para-hydroxylation sites is 1. The molecule has 0 saturated heterocycles. The number of aromatic amines is 1. The molecule has 1 aromatic carbocycles. The summed E-state index contributed by atoms with van der Waals surface area (Å²) < 4.78 is 1.87. The number of nitrogens with zero attached hydrogens (tertiary/aromatic N) is 4. The highest BCUT2D eigenvalue weighted by Crippen LogP contribution is 2.24. The molecule has 124 valence electrons. The fourth-order valence-electron chi connectivity index (χ4n) is 2.67. The van der Waals surface area contributed by atoms with E-state index in [1.807, 2.05) is 60.2 Å². The molecule has 0 aliphatic heterocycles. The maximum atomic E-state index is 8.70. The summed E-state index contributed by atoms with van der Waals surface area (Å²) in [5.74, 6) is 0.724. The van der Waals surface area contributed by atoms with Crippen LogP contribution in [0.1, 0.15) is 11.3 Å². The molecule has 3 heterocycles. The van der Waals surface area contributed by atoms with E-state index in [9.17, 15) is 0 Å². The number of pyridine rings is 1. The van der Waals surface area contributed by atoms with Crippen molar-refractivity contribution in [3.05, 3.63) is 71.6 Å². The number of aromatic nitrogens is 5. The molecular formula is C18H16N6S. The molecule has 0 atom stereocenters. The lowest BCUT2D eigenvalue weighted by atomic mass is 10.3. The number of rotatable bonds is 4. The summed E-state index contributed by atoms with van der Waals surface area (Å²) in [5.41, 5.74) is 3.83. The van der Waals surface area contributed by atoms with E-state index in [4.69, 9.17) is 10.4 Å². The molecule has 0 fully saturated rings. The molecule has 2 N–H and O–H groups in total. The van der Waals surface area contributed by atoms with Gasteiger partial charge in [0.05, 0.1) is 5.39 Å². The minimum atomic E-state index is 0.385. The van der Waals surface area contributed by atoms with Crippen molar-refractivity contribution >= 4 is 22.8 Å². The Kier molecular flexibility index (Phi) is 4.07. The van der Waals surface area contributed by atoms with E-state index in [1.165, 1.54) is 0 Å². The van der Waals surface area contributed by atoms with E-state index in [2.05, 4.69) is 15.2 Å². The Bertz CT molecular complexity index is 1070. The zero-order valence-electron chi connectivity index (χ0n) is 13.6. The van der Waals surface area contributed by atoms with E-state index in [0.29, 0.717) is 11.1 Å². The minimum absolute atomic E-state index is 0.385. The molecule has 0 aliphatic carbocycles. The molecular weight excluding hydrogens is 332 g/mol. The van der Waals surface area contributed by atoms with Crippen molar-refractivity contribution in [3.8, 4) is 5.69 Å². The van der Waals surface area contributed by atoms with Crippen LogP contribution >= 0.6 is 11.8 Å². The molecule has 7 heteroatoms. The van der Waals surface area contributed by atoms with Gasteiger partial charge >= 0.3 is 0 Å². The van der Waals surface area contributed by atoms with Gasteiger partial charge in [-0.1, -0.05) is 36.0 Å². The van der Waals surface area contributed by atoms with Gasteiger partial charge in [0, 0.05) is 29.5 Å². The van der Waals surface area contributed by atoms with Crippen LogP contribution in [-0.4, -0.2) is 24.7 Å². The van der Waals surface area contributed by atoms with Crippen molar-refractivity contribution in [2.45, 2.75) is 17.8 Å². The zero-order chi connectivity index (χ0) is 17.2. The predicted octanol–water partition coefficient (Wildman–Crippen LogP) is 3.22. The first kappa shape index (κ1) is 15.6. The molecule has 0 radical (unpaired) electrons. The number of hydrogen-bond acceptors (Lipinski definition) is 5. The van der Waals surface area contributed by atoms with Gasteiger partial charge in [-0.05, 0) is 30.7 Å². The molecule has 25 heavy (non-hydrogen) atoms. The van der Waals surface area contributed by atoms with Crippen LogP contribution in [0.15, 0.2) is 60.0 Å². The molecule has 3 aromatic heterocycles. The number of aryl methyl sites for hydroxylation is 1. The Labute approximate surface area is 148 Å². The molecule has 6 nitrogen and oxygen atoms in total. The molecule has 0 unspecified atom stereocenters. The largest absolute Gasteiger partial charge is 0.283 e.